The number of rotatable bonds is 7. The van der Waals surface area contributed by atoms with E-state index in [0.29, 0.717) is 6.42 Å². The molecule has 0 radical (unpaired) electrons. The van der Waals surface area contributed by atoms with Gasteiger partial charge in [-0.05, 0) is 18.4 Å². The molecule has 100 valence electrons. The Hall–Kier alpha value is -1.49. The number of aliphatic hydroxyl groups excluding tert-OH is 1. The van der Waals surface area contributed by atoms with Crippen molar-refractivity contribution in [2.24, 2.45) is 0 Å². The zero-order valence-corrected chi connectivity index (χ0v) is 10.0. The van der Waals surface area contributed by atoms with Crippen LogP contribution in [0.4, 0.5) is 8.78 Å². The molecule has 0 aliphatic rings. The number of hydrogen-bond acceptors (Lipinski definition) is 2. The van der Waals surface area contributed by atoms with Crippen molar-refractivity contribution in [3.8, 4) is 0 Å². The summed E-state index contributed by atoms with van der Waals surface area (Å²) < 4.78 is 25.3. The Morgan fingerprint density at radius 1 is 1.28 bits per heavy atom. The first-order chi connectivity index (χ1) is 8.53. The maximum absolute atomic E-state index is 12.6. The molecule has 0 fully saturated rings. The Bertz CT molecular complexity index is 369. The quantitative estimate of drug-likeness (QED) is 0.782. The highest BCUT2D eigenvalue weighted by Gasteiger charge is 2.27. The summed E-state index contributed by atoms with van der Waals surface area (Å²) in [5.74, 6) is -3.66. The van der Waals surface area contributed by atoms with E-state index in [1.54, 1.807) is 0 Å². The van der Waals surface area contributed by atoms with Crippen LogP contribution in [-0.2, 0) is 11.2 Å². The third kappa shape index (κ3) is 5.72. The van der Waals surface area contributed by atoms with E-state index < -0.39 is 25.0 Å². The highest BCUT2D eigenvalue weighted by Crippen LogP contribution is 2.10. The average Bonchev–Trinajstić information content (AvgIpc) is 2.38. The molecule has 0 aliphatic carbocycles. The van der Waals surface area contributed by atoms with E-state index in [-0.39, 0.29) is 6.42 Å². The van der Waals surface area contributed by atoms with Gasteiger partial charge in [-0.1, -0.05) is 30.3 Å². The Morgan fingerprint density at radius 3 is 2.56 bits per heavy atom. The Labute approximate surface area is 105 Å². The van der Waals surface area contributed by atoms with E-state index in [1.807, 2.05) is 30.3 Å². The van der Waals surface area contributed by atoms with Crippen LogP contribution < -0.4 is 5.32 Å². The fourth-order valence-electron chi connectivity index (χ4n) is 1.47. The second kappa shape index (κ2) is 7.06. The number of nitrogens with one attached hydrogen (secondary N) is 1. The molecule has 18 heavy (non-hydrogen) atoms. The van der Waals surface area contributed by atoms with E-state index in [2.05, 4.69) is 5.32 Å². The lowest BCUT2D eigenvalue weighted by atomic mass is 10.1. The summed E-state index contributed by atoms with van der Waals surface area (Å²) in [6.07, 6.45) is 1.56. The minimum Gasteiger partial charge on any atom is -0.390 e. The summed E-state index contributed by atoms with van der Waals surface area (Å²) >= 11 is 0. The van der Waals surface area contributed by atoms with Crippen molar-refractivity contribution in [3.05, 3.63) is 35.9 Å². The molecule has 1 aromatic carbocycles. The van der Waals surface area contributed by atoms with Crippen LogP contribution in [0.3, 0.4) is 0 Å². The van der Waals surface area contributed by atoms with Gasteiger partial charge in [-0.15, -0.1) is 0 Å². The van der Waals surface area contributed by atoms with Crippen LogP contribution in [0, 0.1) is 0 Å². The number of carbonyl (C=O) groups is 1. The lowest BCUT2D eigenvalue weighted by Crippen LogP contribution is -2.38. The molecule has 0 atom stereocenters. The van der Waals surface area contributed by atoms with Crippen LogP contribution in [0.1, 0.15) is 18.4 Å². The lowest BCUT2D eigenvalue weighted by Gasteiger charge is -2.13. The molecule has 5 heteroatoms. The molecule has 0 aromatic heterocycles. The van der Waals surface area contributed by atoms with Crippen LogP contribution in [0.15, 0.2) is 30.3 Å². The molecule has 0 saturated carbocycles. The van der Waals surface area contributed by atoms with Crippen molar-refractivity contribution < 1.29 is 18.7 Å². The number of amides is 1. The molecular formula is C13H17F2NO2. The van der Waals surface area contributed by atoms with Gasteiger partial charge >= 0.3 is 0 Å². The molecule has 3 nitrogen and oxygen atoms in total. The number of halogens is 2. The van der Waals surface area contributed by atoms with E-state index in [4.69, 9.17) is 5.11 Å². The third-order valence-electron chi connectivity index (χ3n) is 2.49. The minimum absolute atomic E-state index is 0.205. The van der Waals surface area contributed by atoms with Gasteiger partial charge in [-0.2, -0.15) is 0 Å². The normalized spacial score (nSPS) is 11.3. The highest BCUT2D eigenvalue weighted by atomic mass is 19.3. The summed E-state index contributed by atoms with van der Waals surface area (Å²) in [5, 5.41) is 10.4. The first-order valence-corrected chi connectivity index (χ1v) is 5.83. The first kappa shape index (κ1) is 14.6. The molecule has 2 N–H and O–H groups in total. The van der Waals surface area contributed by atoms with Crippen molar-refractivity contribution in [1.82, 2.24) is 5.32 Å². The van der Waals surface area contributed by atoms with Crippen LogP contribution in [-0.4, -0.2) is 30.1 Å². The molecule has 0 unspecified atom stereocenters. The standard InChI is InChI=1S/C13H17F2NO2/c14-13(15,10-17)9-16-12(18)8-4-7-11-5-2-1-3-6-11/h1-3,5-6,17H,4,7-10H2,(H,16,18). The molecule has 0 aliphatic heterocycles. The van der Waals surface area contributed by atoms with Crippen LogP contribution in [0.25, 0.3) is 0 Å². The highest BCUT2D eigenvalue weighted by molar-refractivity contribution is 5.75. The van der Waals surface area contributed by atoms with E-state index in [9.17, 15) is 13.6 Å². The van der Waals surface area contributed by atoms with Crippen molar-refractivity contribution in [2.75, 3.05) is 13.2 Å². The number of aryl methyl sites for hydroxylation is 1. The zero-order valence-electron chi connectivity index (χ0n) is 10.0. The van der Waals surface area contributed by atoms with Crippen LogP contribution in [0.2, 0.25) is 0 Å². The van der Waals surface area contributed by atoms with Gasteiger partial charge in [0.05, 0.1) is 6.54 Å². The topological polar surface area (TPSA) is 49.3 Å². The van der Waals surface area contributed by atoms with Crippen molar-refractivity contribution >= 4 is 5.91 Å². The van der Waals surface area contributed by atoms with Gasteiger partial charge < -0.3 is 10.4 Å². The largest absolute Gasteiger partial charge is 0.390 e. The van der Waals surface area contributed by atoms with Gasteiger partial charge in [0.15, 0.2) is 0 Å². The summed E-state index contributed by atoms with van der Waals surface area (Å²) in [7, 11) is 0. The predicted molar refractivity (Wildman–Crippen MR) is 64.4 cm³/mol. The summed E-state index contributed by atoms with van der Waals surface area (Å²) in [5.41, 5.74) is 1.12. The number of hydrogen-bond donors (Lipinski definition) is 2. The molecule has 1 amide bonds. The maximum atomic E-state index is 12.6. The number of carbonyl (C=O) groups excluding carboxylic acids is 1. The smallest absolute Gasteiger partial charge is 0.287 e. The number of alkyl halides is 2. The van der Waals surface area contributed by atoms with Crippen LogP contribution in [0.5, 0.6) is 0 Å². The first-order valence-electron chi connectivity index (χ1n) is 5.83. The summed E-state index contributed by atoms with van der Waals surface area (Å²) in [4.78, 5) is 11.3. The van der Waals surface area contributed by atoms with Crippen molar-refractivity contribution in [2.45, 2.75) is 25.2 Å². The van der Waals surface area contributed by atoms with Gasteiger partial charge in [0.2, 0.25) is 5.91 Å². The van der Waals surface area contributed by atoms with E-state index in [1.165, 1.54) is 0 Å². The number of aliphatic hydroxyl groups is 1. The molecule has 0 saturated heterocycles. The third-order valence-corrected chi connectivity index (χ3v) is 2.49. The van der Waals surface area contributed by atoms with Gasteiger partial charge in [0, 0.05) is 6.42 Å². The van der Waals surface area contributed by atoms with E-state index >= 15 is 0 Å². The summed E-state index contributed by atoms with van der Waals surface area (Å²) in [6, 6.07) is 9.65. The Morgan fingerprint density at radius 2 is 1.94 bits per heavy atom. The van der Waals surface area contributed by atoms with Gasteiger partial charge in [0.25, 0.3) is 5.92 Å². The van der Waals surface area contributed by atoms with Gasteiger partial charge in [0.1, 0.15) is 6.61 Å². The Balaban J connectivity index is 2.18. The molecular weight excluding hydrogens is 240 g/mol. The predicted octanol–water partition coefficient (Wildman–Crippen LogP) is 1.75. The zero-order chi connectivity index (χ0) is 13.4. The lowest BCUT2D eigenvalue weighted by molar-refractivity contribution is -0.124. The van der Waals surface area contributed by atoms with Crippen molar-refractivity contribution in [3.63, 3.8) is 0 Å². The second-order valence-corrected chi connectivity index (χ2v) is 4.13. The SMILES string of the molecule is O=C(CCCc1ccccc1)NCC(F)(F)CO. The molecule has 0 spiro atoms. The summed E-state index contributed by atoms with van der Waals surface area (Å²) in [6.45, 7) is -2.06. The monoisotopic (exact) mass is 257 g/mol. The maximum Gasteiger partial charge on any atom is 0.287 e. The van der Waals surface area contributed by atoms with Gasteiger partial charge in [-0.3, -0.25) is 4.79 Å². The Kier molecular flexibility index (Phi) is 5.71. The van der Waals surface area contributed by atoms with Crippen molar-refractivity contribution in [1.29, 1.82) is 0 Å². The average molecular weight is 257 g/mol. The molecule has 1 rings (SSSR count). The fourth-order valence-corrected chi connectivity index (χ4v) is 1.47. The fraction of sp³-hybridized carbons (Fsp3) is 0.462. The minimum atomic E-state index is -3.24. The number of benzene rings is 1. The van der Waals surface area contributed by atoms with Gasteiger partial charge in [-0.25, -0.2) is 8.78 Å². The molecule has 1 aromatic rings. The van der Waals surface area contributed by atoms with Crippen LogP contribution >= 0.6 is 0 Å². The molecule has 0 bridgehead atoms. The molecule has 0 heterocycles. The van der Waals surface area contributed by atoms with E-state index in [0.717, 1.165) is 12.0 Å². The second-order valence-electron chi connectivity index (χ2n) is 4.13.